The number of aromatic nitrogens is 2. The highest BCUT2D eigenvalue weighted by atomic mass is 79.9. The Bertz CT molecular complexity index is 607. The Hall–Kier alpha value is -1.69. The number of aryl methyl sites for hydroxylation is 1. The van der Waals surface area contributed by atoms with Crippen molar-refractivity contribution in [3.8, 4) is 11.3 Å². The standard InChI is InChI=1S/C12H11BrN2O3/c1-6-8(4-14-5-9(6)13)11-10(12(16)17-3)7(2)18-15-11/h4-5H,1-3H3. The van der Waals surface area contributed by atoms with E-state index in [0.717, 1.165) is 15.6 Å². The van der Waals surface area contributed by atoms with E-state index in [2.05, 4.69) is 26.1 Å². The van der Waals surface area contributed by atoms with Crippen molar-refractivity contribution in [1.82, 2.24) is 10.1 Å². The van der Waals surface area contributed by atoms with Crippen molar-refractivity contribution in [3.05, 3.63) is 33.8 Å². The number of rotatable bonds is 2. The highest BCUT2D eigenvalue weighted by Crippen LogP contribution is 2.30. The first-order chi connectivity index (χ1) is 8.56. The molecular weight excluding hydrogens is 300 g/mol. The SMILES string of the molecule is COC(=O)c1c(-c2cncc(Br)c2C)noc1C. The number of methoxy groups -OCH3 is 1. The molecule has 0 aromatic carbocycles. The molecule has 2 aromatic heterocycles. The van der Waals surface area contributed by atoms with Gasteiger partial charge in [-0.1, -0.05) is 5.16 Å². The summed E-state index contributed by atoms with van der Waals surface area (Å²) in [4.78, 5) is 15.8. The Morgan fingerprint density at radius 1 is 1.39 bits per heavy atom. The van der Waals surface area contributed by atoms with Gasteiger partial charge in [0.1, 0.15) is 17.0 Å². The van der Waals surface area contributed by atoms with Crippen LogP contribution in [0.25, 0.3) is 11.3 Å². The van der Waals surface area contributed by atoms with Crippen LogP contribution in [-0.4, -0.2) is 23.2 Å². The molecule has 0 atom stereocenters. The summed E-state index contributed by atoms with van der Waals surface area (Å²) in [5, 5.41) is 3.92. The summed E-state index contributed by atoms with van der Waals surface area (Å²) >= 11 is 3.39. The fourth-order valence-electron chi connectivity index (χ4n) is 1.64. The second-order valence-electron chi connectivity index (χ2n) is 3.75. The van der Waals surface area contributed by atoms with Gasteiger partial charge in [-0.15, -0.1) is 0 Å². The van der Waals surface area contributed by atoms with E-state index in [9.17, 15) is 4.79 Å². The molecule has 0 aliphatic heterocycles. The molecule has 0 saturated heterocycles. The van der Waals surface area contributed by atoms with Crippen molar-refractivity contribution >= 4 is 21.9 Å². The molecule has 0 fully saturated rings. The maximum atomic E-state index is 11.7. The van der Waals surface area contributed by atoms with E-state index in [-0.39, 0.29) is 0 Å². The first-order valence-corrected chi connectivity index (χ1v) is 6.00. The third-order valence-electron chi connectivity index (χ3n) is 2.66. The number of carbonyl (C=O) groups is 1. The maximum absolute atomic E-state index is 11.7. The first-order valence-electron chi connectivity index (χ1n) is 5.21. The lowest BCUT2D eigenvalue weighted by atomic mass is 10.0. The summed E-state index contributed by atoms with van der Waals surface area (Å²) in [6.45, 7) is 3.58. The fraction of sp³-hybridized carbons (Fsp3) is 0.250. The first kappa shape index (κ1) is 12.8. The minimum atomic E-state index is -0.469. The fourth-order valence-corrected chi connectivity index (χ4v) is 1.97. The molecule has 2 rings (SSSR count). The molecule has 94 valence electrons. The molecular formula is C12H11BrN2O3. The van der Waals surface area contributed by atoms with Gasteiger partial charge in [-0.05, 0) is 35.3 Å². The number of nitrogens with zero attached hydrogens (tertiary/aromatic N) is 2. The van der Waals surface area contributed by atoms with Gasteiger partial charge in [-0.3, -0.25) is 4.98 Å². The molecule has 0 bridgehead atoms. The number of ether oxygens (including phenoxy) is 1. The van der Waals surface area contributed by atoms with E-state index < -0.39 is 5.97 Å². The molecule has 0 radical (unpaired) electrons. The molecule has 0 aliphatic carbocycles. The van der Waals surface area contributed by atoms with Crippen molar-refractivity contribution in [2.75, 3.05) is 7.11 Å². The third-order valence-corrected chi connectivity index (χ3v) is 3.46. The number of pyridine rings is 1. The van der Waals surface area contributed by atoms with Gasteiger partial charge in [0.15, 0.2) is 0 Å². The van der Waals surface area contributed by atoms with Crippen LogP contribution in [0.15, 0.2) is 21.4 Å². The number of halogens is 1. The van der Waals surface area contributed by atoms with E-state index >= 15 is 0 Å². The van der Waals surface area contributed by atoms with Gasteiger partial charge in [0.25, 0.3) is 0 Å². The maximum Gasteiger partial charge on any atom is 0.343 e. The van der Waals surface area contributed by atoms with Crippen molar-refractivity contribution in [1.29, 1.82) is 0 Å². The average Bonchev–Trinajstić information content (AvgIpc) is 2.73. The van der Waals surface area contributed by atoms with E-state index in [0.29, 0.717) is 17.0 Å². The molecule has 18 heavy (non-hydrogen) atoms. The Kier molecular flexibility index (Phi) is 3.47. The molecule has 0 unspecified atom stereocenters. The van der Waals surface area contributed by atoms with E-state index in [1.807, 2.05) is 6.92 Å². The summed E-state index contributed by atoms with van der Waals surface area (Å²) in [5.41, 5.74) is 2.45. The molecule has 0 N–H and O–H groups in total. The Balaban J connectivity index is 2.65. The van der Waals surface area contributed by atoms with Crippen LogP contribution in [0.4, 0.5) is 0 Å². The quantitative estimate of drug-likeness (QED) is 0.798. The molecule has 2 aromatic rings. The summed E-state index contributed by atoms with van der Waals surface area (Å²) in [7, 11) is 1.32. The number of carbonyl (C=O) groups excluding carboxylic acids is 1. The van der Waals surface area contributed by atoms with Gasteiger partial charge in [-0.25, -0.2) is 4.79 Å². The summed E-state index contributed by atoms with van der Waals surface area (Å²) in [6, 6.07) is 0. The largest absolute Gasteiger partial charge is 0.465 e. The predicted octanol–water partition coefficient (Wildman–Crippen LogP) is 2.90. The zero-order valence-electron chi connectivity index (χ0n) is 10.2. The van der Waals surface area contributed by atoms with Crippen LogP contribution >= 0.6 is 15.9 Å². The second-order valence-corrected chi connectivity index (χ2v) is 4.60. The highest BCUT2D eigenvalue weighted by molar-refractivity contribution is 9.10. The Morgan fingerprint density at radius 2 is 2.11 bits per heavy atom. The van der Waals surface area contributed by atoms with Gasteiger partial charge in [0.2, 0.25) is 0 Å². The van der Waals surface area contributed by atoms with Crippen molar-refractivity contribution < 1.29 is 14.1 Å². The van der Waals surface area contributed by atoms with Crippen molar-refractivity contribution in [2.45, 2.75) is 13.8 Å². The van der Waals surface area contributed by atoms with Crippen LogP contribution in [0.3, 0.4) is 0 Å². The molecule has 0 saturated carbocycles. The molecule has 0 aliphatic rings. The third kappa shape index (κ3) is 2.03. The molecule has 5 nitrogen and oxygen atoms in total. The van der Waals surface area contributed by atoms with Crippen LogP contribution < -0.4 is 0 Å². The molecule has 0 spiro atoms. The smallest absolute Gasteiger partial charge is 0.343 e. The van der Waals surface area contributed by atoms with Crippen LogP contribution in [-0.2, 0) is 4.74 Å². The molecule has 2 heterocycles. The van der Waals surface area contributed by atoms with E-state index in [1.54, 1.807) is 19.3 Å². The second kappa shape index (κ2) is 4.89. The zero-order valence-corrected chi connectivity index (χ0v) is 11.7. The predicted molar refractivity (Wildman–Crippen MR) is 68.2 cm³/mol. The summed E-state index contributed by atoms with van der Waals surface area (Å²) in [5.74, 6) is -0.0423. The Labute approximate surface area is 112 Å². The van der Waals surface area contributed by atoms with Gasteiger partial charge in [0.05, 0.1) is 7.11 Å². The van der Waals surface area contributed by atoms with Gasteiger partial charge >= 0.3 is 5.97 Å². The van der Waals surface area contributed by atoms with E-state index in [1.165, 1.54) is 7.11 Å². The Morgan fingerprint density at radius 3 is 2.78 bits per heavy atom. The van der Waals surface area contributed by atoms with Crippen molar-refractivity contribution in [2.24, 2.45) is 0 Å². The normalized spacial score (nSPS) is 10.4. The van der Waals surface area contributed by atoms with Crippen molar-refractivity contribution in [3.63, 3.8) is 0 Å². The van der Waals surface area contributed by atoms with Crippen LogP contribution in [0, 0.1) is 13.8 Å². The van der Waals surface area contributed by atoms with Gasteiger partial charge < -0.3 is 9.26 Å². The number of hydrogen-bond donors (Lipinski definition) is 0. The zero-order chi connectivity index (χ0) is 13.3. The summed E-state index contributed by atoms with van der Waals surface area (Å²) < 4.78 is 10.7. The number of esters is 1. The number of hydrogen-bond acceptors (Lipinski definition) is 5. The van der Waals surface area contributed by atoms with Gasteiger partial charge in [-0.2, -0.15) is 0 Å². The minimum absolute atomic E-state index is 0.334. The van der Waals surface area contributed by atoms with Gasteiger partial charge in [0, 0.05) is 22.4 Å². The molecule has 0 amide bonds. The monoisotopic (exact) mass is 310 g/mol. The lowest BCUT2D eigenvalue weighted by Gasteiger charge is -2.05. The van der Waals surface area contributed by atoms with Crippen LogP contribution in [0.1, 0.15) is 21.7 Å². The minimum Gasteiger partial charge on any atom is -0.465 e. The van der Waals surface area contributed by atoms with Crippen LogP contribution in [0.2, 0.25) is 0 Å². The average molecular weight is 311 g/mol. The summed E-state index contributed by atoms with van der Waals surface area (Å²) in [6.07, 6.45) is 3.33. The molecule has 6 heteroatoms. The van der Waals surface area contributed by atoms with Crippen LogP contribution in [0.5, 0.6) is 0 Å². The lowest BCUT2D eigenvalue weighted by molar-refractivity contribution is 0.0599. The topological polar surface area (TPSA) is 65.2 Å². The highest BCUT2D eigenvalue weighted by Gasteiger charge is 2.23. The lowest BCUT2D eigenvalue weighted by Crippen LogP contribution is -2.04. The van der Waals surface area contributed by atoms with E-state index in [4.69, 9.17) is 9.26 Å².